The summed E-state index contributed by atoms with van der Waals surface area (Å²) in [5.41, 5.74) is -0.671. The topological polar surface area (TPSA) is 122 Å². The second-order valence-corrected chi connectivity index (χ2v) is 5.63. The first-order valence-corrected chi connectivity index (χ1v) is 6.52. The average molecular weight is 309 g/mol. The number of nitrogens with one attached hydrogen (secondary N) is 1. The van der Waals surface area contributed by atoms with E-state index < -0.39 is 35.0 Å². The molecule has 0 aromatic heterocycles. The van der Waals surface area contributed by atoms with Gasteiger partial charge in [0, 0.05) is 24.5 Å². The van der Waals surface area contributed by atoms with Gasteiger partial charge >= 0.3 is 6.09 Å². The van der Waals surface area contributed by atoms with Gasteiger partial charge in [0.25, 0.3) is 5.69 Å². The Morgan fingerprint density at radius 3 is 2.50 bits per heavy atom. The summed E-state index contributed by atoms with van der Waals surface area (Å²) >= 11 is 0. The van der Waals surface area contributed by atoms with Crippen molar-refractivity contribution in [1.29, 1.82) is 0 Å². The Morgan fingerprint density at radius 1 is 1.36 bits per heavy atom. The van der Waals surface area contributed by atoms with Crippen LogP contribution in [0.15, 0.2) is 24.3 Å². The number of carboxylic acid groups (broad SMARTS) is 1. The molecule has 1 atom stereocenters. The lowest BCUT2D eigenvalue weighted by molar-refractivity contribution is -0.385. The van der Waals surface area contributed by atoms with Crippen molar-refractivity contribution in [3.05, 3.63) is 39.9 Å². The van der Waals surface area contributed by atoms with Gasteiger partial charge in [0.05, 0.1) is 11.0 Å². The molecule has 0 bridgehead atoms. The number of carbonyl (C=O) groups excluding carboxylic acids is 2. The molecule has 0 aliphatic carbocycles. The van der Waals surface area contributed by atoms with Gasteiger partial charge in [0.15, 0.2) is 0 Å². The molecule has 0 saturated carbocycles. The van der Waals surface area contributed by atoms with E-state index in [1.165, 1.54) is 24.3 Å². The maximum Gasteiger partial charge on any atom is 0.408 e. The molecule has 0 unspecified atom stereocenters. The van der Waals surface area contributed by atoms with E-state index in [1.807, 2.05) is 0 Å². The Hall–Kier alpha value is -2.64. The van der Waals surface area contributed by atoms with Crippen LogP contribution in [0.25, 0.3) is 0 Å². The van der Waals surface area contributed by atoms with Crippen LogP contribution < -0.4 is 10.4 Å². The van der Waals surface area contributed by atoms with Crippen LogP contribution in [0.5, 0.6) is 0 Å². The predicted molar refractivity (Wildman–Crippen MR) is 74.8 cm³/mol. The van der Waals surface area contributed by atoms with Crippen molar-refractivity contribution in [2.75, 3.05) is 0 Å². The van der Waals surface area contributed by atoms with Crippen molar-refractivity contribution in [3.63, 3.8) is 0 Å². The van der Waals surface area contributed by atoms with Gasteiger partial charge in [0.2, 0.25) is 0 Å². The van der Waals surface area contributed by atoms with Gasteiger partial charge in [0.1, 0.15) is 5.60 Å². The summed E-state index contributed by atoms with van der Waals surface area (Å²) < 4.78 is 5.05. The molecule has 0 radical (unpaired) electrons. The van der Waals surface area contributed by atoms with Gasteiger partial charge in [-0.1, -0.05) is 12.1 Å². The number of amides is 1. The Kier molecular flexibility index (Phi) is 5.44. The fourth-order valence-electron chi connectivity index (χ4n) is 1.72. The van der Waals surface area contributed by atoms with Gasteiger partial charge in [-0.25, -0.2) is 4.79 Å². The zero-order chi connectivity index (χ0) is 16.9. The third-order valence-electron chi connectivity index (χ3n) is 2.55. The minimum absolute atomic E-state index is 0.202. The van der Waals surface area contributed by atoms with Crippen LogP contribution in [0.2, 0.25) is 0 Å². The van der Waals surface area contributed by atoms with E-state index in [-0.39, 0.29) is 11.3 Å². The summed E-state index contributed by atoms with van der Waals surface area (Å²) in [4.78, 5) is 32.8. The molecular formula is C14H17N2O6-. The van der Waals surface area contributed by atoms with Crippen LogP contribution in [0, 0.1) is 10.1 Å². The Morgan fingerprint density at radius 2 is 2.00 bits per heavy atom. The number of nitro groups is 1. The number of benzene rings is 1. The fourth-order valence-corrected chi connectivity index (χ4v) is 1.72. The summed E-state index contributed by atoms with van der Waals surface area (Å²) in [5.74, 6) is -1.40. The lowest BCUT2D eigenvalue weighted by atomic mass is 10.0. The molecule has 8 heteroatoms. The van der Waals surface area contributed by atoms with Gasteiger partial charge in [-0.2, -0.15) is 0 Å². The quantitative estimate of drug-likeness (QED) is 0.646. The molecule has 1 rings (SSSR count). The molecule has 0 spiro atoms. The first-order chi connectivity index (χ1) is 10.1. The van der Waals surface area contributed by atoms with Crippen molar-refractivity contribution >= 4 is 17.7 Å². The molecule has 1 aromatic carbocycles. The smallest absolute Gasteiger partial charge is 0.408 e. The molecule has 0 aliphatic heterocycles. The van der Waals surface area contributed by atoms with Gasteiger partial charge in [-0.15, -0.1) is 0 Å². The molecule has 8 nitrogen and oxygen atoms in total. The number of carboxylic acids is 1. The molecular weight excluding hydrogens is 292 g/mol. The second-order valence-electron chi connectivity index (χ2n) is 5.63. The van der Waals surface area contributed by atoms with Crippen molar-refractivity contribution in [3.8, 4) is 0 Å². The van der Waals surface area contributed by atoms with Gasteiger partial charge in [-0.3, -0.25) is 10.1 Å². The second kappa shape index (κ2) is 6.88. The average Bonchev–Trinajstić information content (AvgIpc) is 2.35. The SMILES string of the molecule is CC(C)(C)OC(=O)N[C@H](CC(=O)[O-])c1cccc([N+](=O)[O-])c1. The number of hydrogen-bond acceptors (Lipinski definition) is 6. The van der Waals surface area contributed by atoms with Crippen molar-refractivity contribution in [2.45, 2.75) is 38.8 Å². The van der Waals surface area contributed by atoms with Crippen LogP contribution in [-0.2, 0) is 9.53 Å². The predicted octanol–water partition coefficient (Wildman–Crippen LogP) is 1.30. The van der Waals surface area contributed by atoms with Gasteiger partial charge in [-0.05, 0) is 26.3 Å². The van der Waals surface area contributed by atoms with E-state index in [9.17, 15) is 24.8 Å². The van der Waals surface area contributed by atoms with E-state index in [2.05, 4.69) is 5.32 Å². The monoisotopic (exact) mass is 309 g/mol. The summed E-state index contributed by atoms with van der Waals surface area (Å²) in [6.07, 6.45) is -1.34. The third-order valence-corrected chi connectivity index (χ3v) is 2.55. The van der Waals surface area contributed by atoms with Crippen LogP contribution >= 0.6 is 0 Å². The highest BCUT2D eigenvalue weighted by atomic mass is 16.6. The highest BCUT2D eigenvalue weighted by Crippen LogP contribution is 2.22. The Balaban J connectivity index is 2.98. The summed E-state index contributed by atoms with van der Waals surface area (Å²) in [7, 11) is 0. The van der Waals surface area contributed by atoms with E-state index in [4.69, 9.17) is 4.74 Å². The molecule has 0 aliphatic rings. The van der Waals surface area contributed by atoms with Crippen molar-refractivity contribution < 1.29 is 24.4 Å². The third kappa shape index (κ3) is 5.78. The minimum atomic E-state index is -1.40. The van der Waals surface area contributed by atoms with E-state index in [0.29, 0.717) is 0 Å². The number of ether oxygens (including phenoxy) is 1. The van der Waals surface area contributed by atoms with Crippen molar-refractivity contribution in [1.82, 2.24) is 5.32 Å². The van der Waals surface area contributed by atoms with Crippen LogP contribution in [0.4, 0.5) is 10.5 Å². The number of nitro benzene ring substituents is 1. The molecule has 0 fully saturated rings. The summed E-state index contributed by atoms with van der Waals surface area (Å²) in [6, 6.07) is 4.38. The fraction of sp³-hybridized carbons (Fsp3) is 0.429. The molecule has 22 heavy (non-hydrogen) atoms. The summed E-state index contributed by atoms with van der Waals surface area (Å²) in [5, 5.41) is 24.0. The maximum absolute atomic E-state index is 11.8. The number of carbonyl (C=O) groups is 2. The highest BCUT2D eigenvalue weighted by Gasteiger charge is 2.22. The standard InChI is InChI=1S/C14H18N2O6/c1-14(2,3)22-13(19)15-11(8-12(17)18)9-5-4-6-10(7-9)16(20)21/h4-7,11H,8H2,1-3H3,(H,15,19)(H,17,18)/p-1/t11-/m1/s1. The molecule has 0 saturated heterocycles. The van der Waals surface area contributed by atoms with Crippen LogP contribution in [0.3, 0.4) is 0 Å². The Labute approximate surface area is 127 Å². The lowest BCUT2D eigenvalue weighted by Gasteiger charge is -2.24. The first kappa shape index (κ1) is 17.4. The first-order valence-electron chi connectivity index (χ1n) is 6.52. The molecule has 1 N–H and O–H groups in total. The number of hydrogen-bond donors (Lipinski definition) is 1. The van der Waals surface area contributed by atoms with E-state index in [0.717, 1.165) is 0 Å². The van der Waals surface area contributed by atoms with E-state index in [1.54, 1.807) is 20.8 Å². The lowest BCUT2D eigenvalue weighted by Crippen LogP contribution is -2.37. The molecule has 1 amide bonds. The highest BCUT2D eigenvalue weighted by molar-refractivity contribution is 5.71. The van der Waals surface area contributed by atoms with E-state index >= 15 is 0 Å². The number of rotatable bonds is 5. The maximum atomic E-state index is 11.8. The minimum Gasteiger partial charge on any atom is -0.550 e. The number of alkyl carbamates (subject to hydrolysis) is 1. The van der Waals surface area contributed by atoms with Crippen molar-refractivity contribution in [2.24, 2.45) is 0 Å². The normalized spacial score (nSPS) is 12.3. The number of nitrogens with zero attached hydrogens (tertiary/aromatic N) is 1. The number of non-ortho nitro benzene ring substituents is 1. The summed E-state index contributed by atoms with van der Waals surface area (Å²) in [6.45, 7) is 4.98. The number of aliphatic carboxylic acids is 1. The zero-order valence-corrected chi connectivity index (χ0v) is 12.5. The van der Waals surface area contributed by atoms with Crippen LogP contribution in [0.1, 0.15) is 38.8 Å². The largest absolute Gasteiger partial charge is 0.550 e. The zero-order valence-electron chi connectivity index (χ0n) is 12.5. The van der Waals surface area contributed by atoms with Gasteiger partial charge < -0.3 is 20.0 Å². The Bertz CT molecular complexity index is 579. The van der Waals surface area contributed by atoms with Crippen LogP contribution in [-0.4, -0.2) is 22.6 Å². The molecule has 120 valence electrons. The molecule has 1 aromatic rings. The molecule has 0 heterocycles.